The number of carbonyl (C=O) groups is 1. The molecule has 0 fully saturated rings. The molecule has 6 heteroatoms. The van der Waals surface area contributed by atoms with Gasteiger partial charge >= 0.3 is 0 Å². The number of rotatable bonds is 8. The van der Waals surface area contributed by atoms with Crippen molar-refractivity contribution in [3.63, 3.8) is 0 Å². The Hall–Kier alpha value is -1.69. The molecule has 0 spiro atoms. The molecular weight excluding hydrogens is 254 g/mol. The van der Waals surface area contributed by atoms with Gasteiger partial charge in [-0.05, 0) is 37.9 Å². The summed E-state index contributed by atoms with van der Waals surface area (Å²) in [5.41, 5.74) is 5.91. The molecule has 1 heterocycles. The normalized spacial score (nSPS) is 10.7. The minimum Gasteiger partial charge on any atom is -0.355 e. The number of amides is 1. The van der Waals surface area contributed by atoms with Crippen molar-refractivity contribution < 1.29 is 4.79 Å². The molecule has 112 valence electrons. The molecule has 0 aliphatic carbocycles. The van der Waals surface area contributed by atoms with E-state index in [2.05, 4.69) is 34.3 Å². The molecule has 0 unspecified atom stereocenters. The minimum absolute atomic E-state index is 0.191. The first kappa shape index (κ1) is 16.4. The van der Waals surface area contributed by atoms with Crippen LogP contribution in [0.5, 0.6) is 0 Å². The van der Waals surface area contributed by atoms with Crippen LogP contribution in [0, 0.1) is 5.92 Å². The molecule has 0 atom stereocenters. The Morgan fingerprint density at radius 1 is 1.40 bits per heavy atom. The summed E-state index contributed by atoms with van der Waals surface area (Å²) in [4.78, 5) is 13.8. The van der Waals surface area contributed by atoms with Crippen LogP contribution < -0.4 is 16.0 Å². The van der Waals surface area contributed by atoms with Crippen LogP contribution in [0.2, 0.25) is 0 Å². The fourth-order valence-electron chi connectivity index (χ4n) is 1.89. The van der Waals surface area contributed by atoms with Crippen molar-refractivity contribution >= 4 is 11.7 Å². The summed E-state index contributed by atoms with van der Waals surface area (Å²) in [5.74, 6) is 1.13. The van der Waals surface area contributed by atoms with E-state index in [4.69, 9.17) is 5.73 Å². The second-order valence-corrected chi connectivity index (χ2v) is 5.12. The maximum absolute atomic E-state index is 11.6. The summed E-state index contributed by atoms with van der Waals surface area (Å²) in [6, 6.07) is 3.56. The molecule has 0 radical (unpaired) electrons. The molecular formula is C14H25N5O. The van der Waals surface area contributed by atoms with Crippen molar-refractivity contribution in [2.24, 2.45) is 11.7 Å². The van der Waals surface area contributed by atoms with Crippen LogP contribution in [0.3, 0.4) is 0 Å². The van der Waals surface area contributed by atoms with Crippen LogP contribution in [0.25, 0.3) is 0 Å². The highest BCUT2D eigenvalue weighted by atomic mass is 16.1. The summed E-state index contributed by atoms with van der Waals surface area (Å²) in [7, 11) is 0. The highest BCUT2D eigenvalue weighted by Crippen LogP contribution is 2.12. The lowest BCUT2D eigenvalue weighted by atomic mass is 10.2. The molecule has 6 nitrogen and oxygen atoms in total. The zero-order valence-corrected chi connectivity index (χ0v) is 12.6. The maximum atomic E-state index is 11.6. The quantitative estimate of drug-likeness (QED) is 0.742. The largest absolute Gasteiger partial charge is 0.355 e. The Labute approximate surface area is 120 Å². The van der Waals surface area contributed by atoms with Gasteiger partial charge in [0.25, 0.3) is 5.91 Å². The SMILES string of the molecule is CCNC(=O)c1ccc(N(CCCN)CC(C)C)nn1. The van der Waals surface area contributed by atoms with Gasteiger partial charge in [-0.1, -0.05) is 13.8 Å². The minimum atomic E-state index is -0.191. The molecule has 0 bridgehead atoms. The molecule has 0 aliphatic heterocycles. The van der Waals surface area contributed by atoms with Crippen LogP contribution in [0.1, 0.15) is 37.7 Å². The van der Waals surface area contributed by atoms with E-state index >= 15 is 0 Å². The van der Waals surface area contributed by atoms with E-state index in [9.17, 15) is 4.79 Å². The van der Waals surface area contributed by atoms with Crippen LogP contribution >= 0.6 is 0 Å². The molecule has 0 saturated heterocycles. The molecule has 1 aromatic heterocycles. The smallest absolute Gasteiger partial charge is 0.271 e. The fraction of sp³-hybridized carbons (Fsp3) is 0.643. The van der Waals surface area contributed by atoms with Crippen LogP contribution in [-0.2, 0) is 0 Å². The lowest BCUT2D eigenvalue weighted by Gasteiger charge is -2.25. The van der Waals surface area contributed by atoms with Crippen molar-refractivity contribution in [3.8, 4) is 0 Å². The lowest BCUT2D eigenvalue weighted by Crippen LogP contribution is -2.31. The van der Waals surface area contributed by atoms with E-state index in [1.807, 2.05) is 13.0 Å². The van der Waals surface area contributed by atoms with Crippen molar-refractivity contribution in [1.29, 1.82) is 0 Å². The maximum Gasteiger partial charge on any atom is 0.271 e. The van der Waals surface area contributed by atoms with Gasteiger partial charge in [0.1, 0.15) is 0 Å². The van der Waals surface area contributed by atoms with Gasteiger partial charge in [-0.15, -0.1) is 10.2 Å². The van der Waals surface area contributed by atoms with E-state index < -0.39 is 0 Å². The molecule has 0 saturated carbocycles. The van der Waals surface area contributed by atoms with Gasteiger partial charge in [-0.2, -0.15) is 0 Å². The second kappa shape index (κ2) is 8.47. The van der Waals surface area contributed by atoms with Gasteiger partial charge in [0, 0.05) is 19.6 Å². The van der Waals surface area contributed by atoms with E-state index in [0.717, 1.165) is 25.3 Å². The molecule has 0 aromatic carbocycles. The summed E-state index contributed by atoms with van der Waals surface area (Å²) in [5, 5.41) is 10.9. The standard InChI is InChI=1S/C14H25N5O/c1-4-16-14(20)12-6-7-13(18-17-12)19(9-5-8-15)10-11(2)3/h6-7,11H,4-5,8-10,15H2,1-3H3,(H,16,20). The monoisotopic (exact) mass is 279 g/mol. The number of nitrogens with one attached hydrogen (secondary N) is 1. The molecule has 1 amide bonds. The average molecular weight is 279 g/mol. The Morgan fingerprint density at radius 2 is 2.15 bits per heavy atom. The van der Waals surface area contributed by atoms with Crippen molar-refractivity contribution in [2.75, 3.05) is 31.1 Å². The molecule has 20 heavy (non-hydrogen) atoms. The van der Waals surface area contributed by atoms with E-state index in [-0.39, 0.29) is 5.91 Å². The number of hydrogen-bond acceptors (Lipinski definition) is 5. The Morgan fingerprint density at radius 3 is 2.65 bits per heavy atom. The number of aromatic nitrogens is 2. The zero-order chi connectivity index (χ0) is 15.0. The lowest BCUT2D eigenvalue weighted by molar-refractivity contribution is 0.0950. The number of nitrogens with zero attached hydrogens (tertiary/aromatic N) is 3. The predicted molar refractivity (Wildman–Crippen MR) is 80.8 cm³/mol. The van der Waals surface area contributed by atoms with Crippen molar-refractivity contribution in [3.05, 3.63) is 17.8 Å². The highest BCUT2D eigenvalue weighted by Gasteiger charge is 2.12. The van der Waals surface area contributed by atoms with Crippen LogP contribution in [0.4, 0.5) is 5.82 Å². The first-order valence-electron chi connectivity index (χ1n) is 7.15. The zero-order valence-electron chi connectivity index (χ0n) is 12.6. The number of anilines is 1. The second-order valence-electron chi connectivity index (χ2n) is 5.12. The number of nitrogens with two attached hydrogens (primary N) is 1. The summed E-state index contributed by atoms with van der Waals surface area (Å²) in [6.45, 7) is 9.17. The van der Waals surface area contributed by atoms with Crippen LogP contribution in [0.15, 0.2) is 12.1 Å². The van der Waals surface area contributed by atoms with Gasteiger partial charge in [-0.3, -0.25) is 4.79 Å². The first-order valence-corrected chi connectivity index (χ1v) is 7.15. The number of carbonyl (C=O) groups excluding carboxylic acids is 1. The Balaban J connectivity index is 2.78. The Bertz CT molecular complexity index is 405. The summed E-state index contributed by atoms with van der Waals surface area (Å²) < 4.78 is 0. The average Bonchev–Trinajstić information content (AvgIpc) is 2.43. The van der Waals surface area contributed by atoms with Crippen LogP contribution in [-0.4, -0.2) is 42.3 Å². The molecule has 3 N–H and O–H groups in total. The van der Waals surface area contributed by atoms with E-state index in [1.165, 1.54) is 0 Å². The summed E-state index contributed by atoms with van der Waals surface area (Å²) in [6.07, 6.45) is 0.909. The topological polar surface area (TPSA) is 84.1 Å². The molecule has 1 rings (SSSR count). The van der Waals surface area contributed by atoms with E-state index in [0.29, 0.717) is 24.7 Å². The van der Waals surface area contributed by atoms with Gasteiger partial charge in [0.15, 0.2) is 11.5 Å². The van der Waals surface area contributed by atoms with Crippen molar-refractivity contribution in [2.45, 2.75) is 27.2 Å². The number of hydrogen-bond donors (Lipinski definition) is 2. The summed E-state index contributed by atoms with van der Waals surface area (Å²) >= 11 is 0. The Kier molecular flexibility index (Phi) is 6.93. The van der Waals surface area contributed by atoms with Gasteiger partial charge in [0.05, 0.1) is 0 Å². The fourth-order valence-corrected chi connectivity index (χ4v) is 1.89. The van der Waals surface area contributed by atoms with Gasteiger partial charge < -0.3 is 16.0 Å². The third kappa shape index (κ3) is 5.13. The highest BCUT2D eigenvalue weighted by molar-refractivity contribution is 5.92. The third-order valence-electron chi connectivity index (χ3n) is 2.76. The molecule has 1 aromatic rings. The van der Waals surface area contributed by atoms with Gasteiger partial charge in [-0.25, -0.2) is 0 Å². The van der Waals surface area contributed by atoms with Gasteiger partial charge in [0.2, 0.25) is 0 Å². The van der Waals surface area contributed by atoms with E-state index in [1.54, 1.807) is 6.07 Å². The first-order chi connectivity index (χ1) is 9.58. The molecule has 0 aliphatic rings. The predicted octanol–water partition coefficient (Wildman–Crippen LogP) is 1.04. The van der Waals surface area contributed by atoms with Crippen molar-refractivity contribution in [1.82, 2.24) is 15.5 Å². The third-order valence-corrected chi connectivity index (χ3v) is 2.76.